The zero-order valence-corrected chi connectivity index (χ0v) is 20.6. The van der Waals surface area contributed by atoms with Gasteiger partial charge in [0.1, 0.15) is 11.4 Å². The van der Waals surface area contributed by atoms with Crippen molar-refractivity contribution >= 4 is 17.2 Å². The number of nitrogens with one attached hydrogen (secondary N) is 1. The Balaban J connectivity index is 0.00000148. The molecule has 0 spiro atoms. The summed E-state index contributed by atoms with van der Waals surface area (Å²) in [6.45, 7) is 6.03. The Bertz CT molecular complexity index is 1460. The second-order valence-corrected chi connectivity index (χ2v) is 7.57. The summed E-state index contributed by atoms with van der Waals surface area (Å²) in [5.74, 6) is 0.644. The van der Waals surface area contributed by atoms with E-state index < -0.39 is 5.91 Å². The van der Waals surface area contributed by atoms with Gasteiger partial charge in [0, 0.05) is 42.0 Å². The van der Waals surface area contributed by atoms with E-state index in [1.807, 2.05) is 74.0 Å². The van der Waals surface area contributed by atoms with Crippen molar-refractivity contribution in [3.05, 3.63) is 96.7 Å². The zero-order valence-electron chi connectivity index (χ0n) is 20.6. The third kappa shape index (κ3) is 5.33. The van der Waals surface area contributed by atoms with Crippen molar-refractivity contribution in [1.82, 2.24) is 19.4 Å². The van der Waals surface area contributed by atoms with Crippen LogP contribution in [0.5, 0.6) is 17.4 Å². The van der Waals surface area contributed by atoms with Crippen LogP contribution in [0, 0.1) is 6.92 Å². The minimum atomic E-state index is -0.412. The number of imidazole rings is 1. The maximum atomic E-state index is 13.0. The molecule has 0 bridgehead atoms. The molecular formula is C28H27N5O3. The van der Waals surface area contributed by atoms with Crippen LogP contribution < -0.4 is 14.8 Å². The van der Waals surface area contributed by atoms with Crippen LogP contribution >= 0.6 is 0 Å². The number of benzene rings is 1. The molecule has 0 aliphatic carbocycles. The van der Waals surface area contributed by atoms with E-state index in [2.05, 4.69) is 15.3 Å². The molecule has 0 unspecified atom stereocenters. The second-order valence-electron chi connectivity index (χ2n) is 7.57. The average Bonchev–Trinajstić information content (AvgIpc) is 3.36. The van der Waals surface area contributed by atoms with Gasteiger partial charge in [0.2, 0.25) is 5.88 Å². The number of carbonyl (C=O) groups is 1. The summed E-state index contributed by atoms with van der Waals surface area (Å²) >= 11 is 0. The number of aryl methyl sites for hydroxylation is 1. The van der Waals surface area contributed by atoms with Gasteiger partial charge in [-0.15, -0.1) is 0 Å². The van der Waals surface area contributed by atoms with Crippen molar-refractivity contribution in [2.75, 3.05) is 12.4 Å². The largest absolute Gasteiger partial charge is 0.495 e. The number of rotatable bonds is 6. The molecule has 0 saturated heterocycles. The molecule has 0 saturated carbocycles. The molecule has 5 rings (SSSR count). The first-order valence-corrected chi connectivity index (χ1v) is 11.6. The Morgan fingerprint density at radius 3 is 2.50 bits per heavy atom. The summed E-state index contributed by atoms with van der Waals surface area (Å²) in [4.78, 5) is 26.1. The molecule has 1 N–H and O–H groups in total. The SMILES string of the molecule is CC.COc1cnc(C(=O)Nc2ccc(-c3cn4cccc(C)c4n3)cc2)c(Oc2ccccn2)c1. The van der Waals surface area contributed by atoms with E-state index >= 15 is 0 Å². The number of anilines is 1. The molecule has 8 nitrogen and oxygen atoms in total. The van der Waals surface area contributed by atoms with Crippen LogP contribution in [-0.4, -0.2) is 32.4 Å². The van der Waals surface area contributed by atoms with Gasteiger partial charge in [-0.1, -0.05) is 38.1 Å². The van der Waals surface area contributed by atoms with Gasteiger partial charge in [-0.25, -0.2) is 15.0 Å². The maximum Gasteiger partial charge on any atom is 0.278 e. The molecule has 36 heavy (non-hydrogen) atoms. The Hall–Kier alpha value is -4.72. The molecule has 4 heterocycles. The van der Waals surface area contributed by atoms with E-state index in [0.29, 0.717) is 17.3 Å². The Morgan fingerprint density at radius 1 is 1.00 bits per heavy atom. The summed E-state index contributed by atoms with van der Waals surface area (Å²) in [6, 6.07) is 18.4. The van der Waals surface area contributed by atoms with Gasteiger partial charge in [-0.3, -0.25) is 4.79 Å². The van der Waals surface area contributed by atoms with E-state index in [1.54, 1.807) is 30.5 Å². The Labute approximate surface area is 209 Å². The molecule has 0 atom stereocenters. The van der Waals surface area contributed by atoms with Gasteiger partial charge in [0.15, 0.2) is 11.4 Å². The monoisotopic (exact) mass is 481 g/mol. The lowest BCUT2D eigenvalue weighted by Gasteiger charge is -2.11. The summed E-state index contributed by atoms with van der Waals surface area (Å²) in [5, 5.41) is 2.87. The first-order chi connectivity index (χ1) is 17.6. The lowest BCUT2D eigenvalue weighted by Crippen LogP contribution is -2.15. The molecule has 1 aromatic carbocycles. The van der Waals surface area contributed by atoms with Crippen molar-refractivity contribution in [3.8, 4) is 28.6 Å². The summed E-state index contributed by atoms with van der Waals surface area (Å²) in [5.41, 5.74) is 4.56. The number of methoxy groups -OCH3 is 1. The van der Waals surface area contributed by atoms with Gasteiger partial charge >= 0.3 is 0 Å². The molecule has 8 heteroatoms. The number of fused-ring (bicyclic) bond motifs is 1. The number of amides is 1. The van der Waals surface area contributed by atoms with Gasteiger partial charge in [0.25, 0.3) is 5.91 Å². The van der Waals surface area contributed by atoms with Crippen LogP contribution in [0.25, 0.3) is 16.9 Å². The number of hydrogen-bond donors (Lipinski definition) is 1. The molecule has 5 aromatic rings. The third-order valence-electron chi connectivity index (χ3n) is 5.25. The number of carbonyl (C=O) groups excluding carboxylic acids is 1. The fourth-order valence-electron chi connectivity index (χ4n) is 3.51. The first-order valence-electron chi connectivity index (χ1n) is 11.6. The highest BCUT2D eigenvalue weighted by Gasteiger charge is 2.17. The Morgan fingerprint density at radius 2 is 1.81 bits per heavy atom. The van der Waals surface area contributed by atoms with Gasteiger partial charge in [-0.05, 0) is 36.8 Å². The highest BCUT2D eigenvalue weighted by molar-refractivity contribution is 6.05. The zero-order chi connectivity index (χ0) is 25.5. The van der Waals surface area contributed by atoms with Crippen LogP contribution in [0.2, 0.25) is 0 Å². The van der Waals surface area contributed by atoms with Crippen molar-refractivity contribution < 1.29 is 14.3 Å². The molecule has 4 aromatic heterocycles. The normalized spacial score (nSPS) is 10.3. The lowest BCUT2D eigenvalue weighted by molar-refractivity contribution is 0.101. The fraction of sp³-hybridized carbons (Fsp3) is 0.143. The second kappa shape index (κ2) is 11.1. The van der Waals surface area contributed by atoms with Crippen molar-refractivity contribution in [3.63, 3.8) is 0 Å². The van der Waals surface area contributed by atoms with Gasteiger partial charge in [0.05, 0.1) is 19.0 Å². The molecular weight excluding hydrogens is 454 g/mol. The van der Waals surface area contributed by atoms with Crippen molar-refractivity contribution in [2.24, 2.45) is 0 Å². The average molecular weight is 482 g/mol. The van der Waals surface area contributed by atoms with Gasteiger partial charge < -0.3 is 19.2 Å². The fourth-order valence-corrected chi connectivity index (χ4v) is 3.51. The van der Waals surface area contributed by atoms with Crippen LogP contribution in [0.4, 0.5) is 5.69 Å². The van der Waals surface area contributed by atoms with Crippen LogP contribution in [-0.2, 0) is 0 Å². The van der Waals surface area contributed by atoms with Crippen LogP contribution in [0.3, 0.4) is 0 Å². The first kappa shape index (κ1) is 24.4. The molecule has 0 aliphatic rings. The minimum absolute atomic E-state index is 0.117. The smallest absolute Gasteiger partial charge is 0.278 e. The number of aromatic nitrogens is 4. The summed E-state index contributed by atoms with van der Waals surface area (Å²) in [7, 11) is 1.52. The Kier molecular flexibility index (Phi) is 7.55. The predicted molar refractivity (Wildman–Crippen MR) is 140 cm³/mol. The number of ether oxygens (including phenoxy) is 2. The van der Waals surface area contributed by atoms with E-state index in [0.717, 1.165) is 22.5 Å². The van der Waals surface area contributed by atoms with E-state index in [9.17, 15) is 4.79 Å². The van der Waals surface area contributed by atoms with Crippen molar-refractivity contribution in [2.45, 2.75) is 20.8 Å². The van der Waals surface area contributed by atoms with Gasteiger partial charge in [-0.2, -0.15) is 0 Å². The highest BCUT2D eigenvalue weighted by atomic mass is 16.5. The molecule has 0 aliphatic heterocycles. The minimum Gasteiger partial charge on any atom is -0.495 e. The van der Waals surface area contributed by atoms with E-state index in [4.69, 9.17) is 14.5 Å². The molecule has 0 fully saturated rings. The quantitative estimate of drug-likeness (QED) is 0.311. The third-order valence-corrected chi connectivity index (χ3v) is 5.25. The number of nitrogens with zero attached hydrogens (tertiary/aromatic N) is 4. The molecule has 0 radical (unpaired) electrons. The molecule has 182 valence electrons. The van der Waals surface area contributed by atoms with E-state index in [-0.39, 0.29) is 11.4 Å². The number of hydrogen-bond acceptors (Lipinski definition) is 6. The summed E-state index contributed by atoms with van der Waals surface area (Å²) in [6.07, 6.45) is 7.03. The topological polar surface area (TPSA) is 90.6 Å². The molecule has 1 amide bonds. The summed E-state index contributed by atoms with van der Waals surface area (Å²) < 4.78 is 13.0. The van der Waals surface area contributed by atoms with Crippen LogP contribution in [0.15, 0.2) is 85.5 Å². The predicted octanol–water partition coefficient (Wildman–Crippen LogP) is 6.18. The van der Waals surface area contributed by atoms with Crippen molar-refractivity contribution in [1.29, 1.82) is 0 Å². The number of pyridine rings is 3. The lowest BCUT2D eigenvalue weighted by atomic mass is 10.1. The maximum absolute atomic E-state index is 13.0. The van der Waals surface area contributed by atoms with E-state index in [1.165, 1.54) is 13.3 Å². The highest BCUT2D eigenvalue weighted by Crippen LogP contribution is 2.28. The van der Waals surface area contributed by atoms with Crippen LogP contribution in [0.1, 0.15) is 29.9 Å². The standard InChI is InChI=1S/C26H21N5O3.C2H6/c1-17-6-5-13-31-16-21(30-25(17)31)18-8-10-19(11-9-18)29-26(32)24-22(14-20(33-2)15-28-24)34-23-7-3-4-12-27-23;1-2/h3-16H,1-2H3,(H,29,32);1-2H3.